The number of halogens is 1. The largest absolute Gasteiger partial charge is 2.00 e. The van der Waals surface area contributed by atoms with Gasteiger partial charge < -0.3 is 21.7 Å². The van der Waals surface area contributed by atoms with Crippen LogP contribution in [0.5, 0.6) is 0 Å². The van der Waals surface area contributed by atoms with Crippen LogP contribution in [0.15, 0.2) is 107 Å². The summed E-state index contributed by atoms with van der Waals surface area (Å²) >= 11 is 3.40. The molecule has 0 radical (unpaired) electrons. The minimum atomic E-state index is -0.354. The third kappa shape index (κ3) is 9.97. The van der Waals surface area contributed by atoms with E-state index in [4.69, 9.17) is 4.74 Å². The maximum atomic E-state index is 10.7. The number of para-hydroxylation sites is 1. The van der Waals surface area contributed by atoms with Crippen molar-refractivity contribution in [2.45, 2.75) is 19.3 Å². The smallest absolute Gasteiger partial charge is 1.00 e. The van der Waals surface area contributed by atoms with Gasteiger partial charge in [0.2, 0.25) is 0 Å². The van der Waals surface area contributed by atoms with Gasteiger partial charge in [-0.3, -0.25) is 10.1 Å². The van der Waals surface area contributed by atoms with Gasteiger partial charge in [-0.15, -0.1) is 11.3 Å². The Balaban J connectivity index is 0.000000193. The fourth-order valence-corrected chi connectivity index (χ4v) is 5.54. The van der Waals surface area contributed by atoms with Crippen LogP contribution < -0.4 is 17.0 Å². The molecule has 1 saturated heterocycles. The molecule has 3 aromatic carbocycles. The molecule has 8 heteroatoms. The molecule has 0 atom stereocenters. The number of nitro groups is 1. The summed E-state index contributed by atoms with van der Waals surface area (Å²) < 4.78 is 4.94. The number of benzene rings is 3. The molecular formula is C31H28BrMgNO3S2. The summed E-state index contributed by atoms with van der Waals surface area (Å²) in [7, 11) is 0. The van der Waals surface area contributed by atoms with Gasteiger partial charge in [0.25, 0.3) is 5.69 Å². The molecule has 0 bridgehead atoms. The van der Waals surface area contributed by atoms with E-state index in [0.717, 1.165) is 25.2 Å². The van der Waals surface area contributed by atoms with Crippen LogP contribution in [0, 0.1) is 16.2 Å². The van der Waals surface area contributed by atoms with Gasteiger partial charge in [0.15, 0.2) is 0 Å². The molecule has 0 amide bonds. The Labute approximate surface area is 264 Å². The van der Waals surface area contributed by atoms with E-state index in [1.807, 2.05) is 58.5 Å². The number of hydrogen-bond acceptors (Lipinski definition) is 5. The van der Waals surface area contributed by atoms with Gasteiger partial charge in [0.1, 0.15) is 0 Å². The van der Waals surface area contributed by atoms with Gasteiger partial charge in [0.05, 0.1) is 10.5 Å². The zero-order valence-corrected chi connectivity index (χ0v) is 26.1. The van der Waals surface area contributed by atoms with Crippen LogP contribution in [0.1, 0.15) is 23.3 Å². The van der Waals surface area contributed by atoms with Crippen LogP contribution >= 0.6 is 22.7 Å². The van der Waals surface area contributed by atoms with Crippen molar-refractivity contribution >= 4 is 51.4 Å². The molecular weight excluding hydrogens is 603 g/mol. The molecule has 3 heterocycles. The summed E-state index contributed by atoms with van der Waals surface area (Å²) in [6.45, 7) is 2.00. The van der Waals surface area contributed by atoms with Crippen LogP contribution in [-0.2, 0) is 11.2 Å². The molecule has 5 aromatic rings. The van der Waals surface area contributed by atoms with E-state index < -0.39 is 0 Å². The van der Waals surface area contributed by atoms with Crippen molar-refractivity contribution in [3.63, 3.8) is 0 Å². The second-order valence-electron chi connectivity index (χ2n) is 8.27. The maximum absolute atomic E-state index is 10.7. The predicted molar refractivity (Wildman–Crippen MR) is 160 cm³/mol. The minimum absolute atomic E-state index is 0. The molecule has 0 unspecified atom stereocenters. The standard InChI is InChI=1S/C11H8S.C10H7NO2S.C6H5.C4H8O.BrH.Mg/c1-2-4-9-8(3-1)7-11-10(9)5-6-12-11;12-11(13)10-4-2-1-3-9(10)8-5-6-14-7-8;1-2-4-6-5-3-1;1-2-4-5-3-1;;/h1-6H,7H2;1-7H;1-5H;1-4H2;1H;/q;;-1;;;+2/p-1. The Morgan fingerprint density at radius 1 is 0.795 bits per heavy atom. The first-order valence-electron chi connectivity index (χ1n) is 12.1. The molecule has 39 heavy (non-hydrogen) atoms. The zero-order chi connectivity index (χ0) is 25.7. The fraction of sp³-hybridized carbons (Fsp3) is 0.161. The number of fused-ring (bicyclic) bond motifs is 3. The van der Waals surface area contributed by atoms with Crippen molar-refractivity contribution in [2.75, 3.05) is 13.2 Å². The van der Waals surface area contributed by atoms with Gasteiger partial charge in [0, 0.05) is 30.6 Å². The average molecular weight is 631 g/mol. The van der Waals surface area contributed by atoms with Crippen molar-refractivity contribution < 1.29 is 26.6 Å². The van der Waals surface area contributed by atoms with E-state index in [0.29, 0.717) is 5.56 Å². The van der Waals surface area contributed by atoms with Crippen molar-refractivity contribution in [3.05, 3.63) is 134 Å². The predicted octanol–water partition coefficient (Wildman–Crippen LogP) is 5.55. The van der Waals surface area contributed by atoms with Crippen LogP contribution in [0.25, 0.3) is 22.3 Å². The number of rotatable bonds is 2. The van der Waals surface area contributed by atoms with Crippen molar-refractivity contribution in [3.8, 4) is 22.3 Å². The molecule has 0 saturated carbocycles. The van der Waals surface area contributed by atoms with Gasteiger partial charge in [-0.05, 0) is 69.4 Å². The molecule has 196 valence electrons. The first-order chi connectivity index (χ1) is 18.2. The number of nitro benzene ring substituents is 1. The van der Waals surface area contributed by atoms with E-state index in [1.165, 1.54) is 51.8 Å². The quantitative estimate of drug-likeness (QED) is 0.109. The van der Waals surface area contributed by atoms with E-state index in [9.17, 15) is 10.1 Å². The molecule has 1 aliphatic carbocycles. The normalized spacial score (nSPS) is 11.8. The van der Waals surface area contributed by atoms with Gasteiger partial charge in [-0.2, -0.15) is 47.7 Å². The van der Waals surface area contributed by atoms with E-state index in [1.54, 1.807) is 18.2 Å². The Hall–Kier alpha value is -2.33. The van der Waals surface area contributed by atoms with Gasteiger partial charge in [-0.25, -0.2) is 0 Å². The first kappa shape index (κ1) is 32.9. The summed E-state index contributed by atoms with van der Waals surface area (Å²) in [6, 6.07) is 32.1. The van der Waals surface area contributed by atoms with Gasteiger partial charge in [-0.1, -0.05) is 36.4 Å². The van der Waals surface area contributed by atoms with Crippen LogP contribution in [0.2, 0.25) is 0 Å². The molecule has 7 rings (SSSR count). The van der Waals surface area contributed by atoms with Crippen LogP contribution in [0.4, 0.5) is 5.69 Å². The second kappa shape index (κ2) is 18.1. The second-order valence-corrected chi connectivity index (χ2v) is 10.1. The van der Waals surface area contributed by atoms with E-state index in [2.05, 4.69) is 41.8 Å². The Morgan fingerprint density at radius 3 is 2.05 bits per heavy atom. The zero-order valence-electron chi connectivity index (χ0n) is 21.5. The van der Waals surface area contributed by atoms with Crippen molar-refractivity contribution in [1.82, 2.24) is 0 Å². The number of hydrogen-bond donors (Lipinski definition) is 0. The third-order valence-corrected chi connectivity index (χ3v) is 7.38. The minimum Gasteiger partial charge on any atom is -1.00 e. The summed E-state index contributed by atoms with van der Waals surface area (Å²) in [5.74, 6) is 0. The number of ether oxygens (including phenoxy) is 1. The van der Waals surface area contributed by atoms with Crippen molar-refractivity contribution in [2.24, 2.45) is 0 Å². The molecule has 1 aliphatic heterocycles. The van der Waals surface area contributed by atoms with Gasteiger partial charge >= 0.3 is 23.1 Å². The van der Waals surface area contributed by atoms with E-state index in [-0.39, 0.29) is 50.6 Å². The Morgan fingerprint density at radius 2 is 1.49 bits per heavy atom. The molecule has 2 aromatic heterocycles. The van der Waals surface area contributed by atoms with E-state index >= 15 is 0 Å². The summed E-state index contributed by atoms with van der Waals surface area (Å²) in [5, 5.41) is 16.7. The molecule has 0 spiro atoms. The topological polar surface area (TPSA) is 52.4 Å². The monoisotopic (exact) mass is 629 g/mol. The van der Waals surface area contributed by atoms with Crippen LogP contribution in [-0.4, -0.2) is 41.2 Å². The van der Waals surface area contributed by atoms with Crippen LogP contribution in [0.3, 0.4) is 0 Å². The maximum Gasteiger partial charge on any atom is 2.00 e. The summed E-state index contributed by atoms with van der Waals surface area (Å²) in [5.41, 5.74) is 6.12. The number of thiophene rings is 2. The SMILES string of the molecule is C1CCOC1.O=[N+]([O-])c1ccccc1-c1ccsc1.[Br-].[Mg+2].[c-]1ccccc1.c1ccc2c(c1)Cc1sccc1-2. The molecule has 0 N–H and O–H groups in total. The Kier molecular flexibility index (Phi) is 15.3. The first-order valence-corrected chi connectivity index (χ1v) is 14.0. The molecule has 1 fully saturated rings. The number of nitrogens with zero attached hydrogens (tertiary/aromatic N) is 1. The van der Waals surface area contributed by atoms with Crippen molar-refractivity contribution in [1.29, 1.82) is 0 Å². The third-order valence-electron chi connectivity index (χ3n) is 5.77. The fourth-order valence-electron chi connectivity index (χ4n) is 3.97. The summed E-state index contributed by atoms with van der Waals surface area (Å²) in [4.78, 5) is 11.9. The average Bonchev–Trinajstić information content (AvgIpc) is 3.77. The Bertz CT molecular complexity index is 1340. The molecule has 2 aliphatic rings. The summed E-state index contributed by atoms with van der Waals surface area (Å²) in [6.07, 6.45) is 3.70. The molecule has 4 nitrogen and oxygen atoms in total.